The van der Waals surface area contributed by atoms with E-state index in [-0.39, 0.29) is 41.1 Å². The molecule has 0 aliphatic heterocycles. The summed E-state index contributed by atoms with van der Waals surface area (Å²) in [7, 11) is 0. The minimum Gasteiger partial charge on any atom is -0.471 e. The Kier molecular flexibility index (Phi) is 8.06. The molecule has 0 saturated carbocycles. The lowest BCUT2D eigenvalue weighted by Crippen LogP contribution is -2.16. The molecule has 0 radical (unpaired) electrons. The van der Waals surface area contributed by atoms with Gasteiger partial charge in [-0.2, -0.15) is 5.10 Å². The predicted molar refractivity (Wildman–Crippen MR) is 128 cm³/mol. The summed E-state index contributed by atoms with van der Waals surface area (Å²) in [5.41, 5.74) is 2.72. The molecule has 3 rings (SSSR count). The molecule has 0 spiro atoms. The second kappa shape index (κ2) is 11.0. The largest absolute Gasteiger partial charge is 0.471 e. The summed E-state index contributed by atoms with van der Waals surface area (Å²) in [5.74, 6) is -0.993. The van der Waals surface area contributed by atoms with E-state index in [2.05, 4.69) is 10.4 Å². The molecule has 0 bridgehead atoms. The zero-order valence-electron chi connectivity index (χ0n) is 19.8. The number of hydrogen-bond donors (Lipinski definition) is 1. The Morgan fingerprint density at radius 1 is 1.03 bits per heavy atom. The lowest BCUT2D eigenvalue weighted by molar-refractivity contribution is 0.0527. The van der Waals surface area contributed by atoms with Gasteiger partial charge in [0.05, 0.1) is 18.8 Å². The molecule has 0 unspecified atom stereocenters. The molecule has 180 valence electrons. The van der Waals surface area contributed by atoms with Crippen molar-refractivity contribution in [3.8, 4) is 5.75 Å². The van der Waals surface area contributed by atoms with Crippen molar-refractivity contribution in [3.63, 3.8) is 0 Å². The van der Waals surface area contributed by atoms with E-state index in [0.717, 1.165) is 28.2 Å². The van der Waals surface area contributed by atoms with Gasteiger partial charge in [-0.15, -0.1) is 11.3 Å². The molecular weight excluding hydrogens is 458 g/mol. The fourth-order valence-electron chi connectivity index (χ4n) is 3.16. The predicted octanol–water partition coefficient (Wildman–Crippen LogP) is 4.51. The number of esters is 2. The number of carbonyl (C=O) groups is 3. The molecule has 9 nitrogen and oxygen atoms in total. The Morgan fingerprint density at radius 3 is 2.44 bits per heavy atom. The summed E-state index contributed by atoms with van der Waals surface area (Å²) < 4.78 is 17.5. The van der Waals surface area contributed by atoms with Gasteiger partial charge in [-0.05, 0) is 63.4 Å². The van der Waals surface area contributed by atoms with E-state index in [1.165, 1.54) is 4.68 Å². The second-order valence-electron chi connectivity index (χ2n) is 7.44. The standard InChI is InChI=1S/C24H27N3O6S/c1-6-31-23(29)19-16(5)20(24(30)32-7-2)34-22(19)25-21(28)17-10-11-27(26-17)13-33-18-12-14(3)8-9-15(18)4/h8-12H,6-7,13H2,1-5H3,(H,25,28). The third-order valence-corrected chi connectivity index (χ3v) is 6.07. The Bertz CT molecular complexity index is 1210. The molecule has 1 aromatic carbocycles. The van der Waals surface area contributed by atoms with Crippen molar-refractivity contribution < 1.29 is 28.6 Å². The van der Waals surface area contributed by atoms with Crippen molar-refractivity contribution in [3.05, 3.63) is 63.3 Å². The number of nitrogens with zero attached hydrogens (tertiary/aromatic N) is 2. The van der Waals surface area contributed by atoms with Crippen LogP contribution in [0.3, 0.4) is 0 Å². The van der Waals surface area contributed by atoms with E-state index in [9.17, 15) is 14.4 Å². The molecule has 1 amide bonds. The van der Waals surface area contributed by atoms with Crippen LogP contribution in [0.25, 0.3) is 0 Å². The van der Waals surface area contributed by atoms with Gasteiger partial charge in [-0.1, -0.05) is 12.1 Å². The average Bonchev–Trinajstić information content (AvgIpc) is 3.39. The number of nitrogens with one attached hydrogen (secondary N) is 1. The lowest BCUT2D eigenvalue weighted by Gasteiger charge is -2.10. The summed E-state index contributed by atoms with van der Waals surface area (Å²) in [5, 5.41) is 7.14. The van der Waals surface area contributed by atoms with Crippen LogP contribution in [0.15, 0.2) is 30.5 Å². The van der Waals surface area contributed by atoms with Crippen LogP contribution >= 0.6 is 11.3 Å². The number of aromatic nitrogens is 2. The Morgan fingerprint density at radius 2 is 1.74 bits per heavy atom. The third-order valence-electron chi connectivity index (χ3n) is 4.88. The van der Waals surface area contributed by atoms with Crippen LogP contribution in [-0.2, 0) is 16.2 Å². The molecule has 0 atom stereocenters. The van der Waals surface area contributed by atoms with Crippen molar-refractivity contribution in [1.82, 2.24) is 9.78 Å². The number of amides is 1. The third kappa shape index (κ3) is 5.63. The highest BCUT2D eigenvalue weighted by atomic mass is 32.1. The monoisotopic (exact) mass is 485 g/mol. The molecule has 0 saturated heterocycles. The smallest absolute Gasteiger partial charge is 0.348 e. The highest BCUT2D eigenvalue weighted by Crippen LogP contribution is 2.34. The zero-order valence-corrected chi connectivity index (χ0v) is 20.6. The van der Waals surface area contributed by atoms with Gasteiger partial charge >= 0.3 is 11.9 Å². The second-order valence-corrected chi connectivity index (χ2v) is 8.46. The summed E-state index contributed by atoms with van der Waals surface area (Å²) in [4.78, 5) is 37.9. The Hall–Kier alpha value is -3.66. The van der Waals surface area contributed by atoms with Crippen molar-refractivity contribution >= 4 is 34.2 Å². The van der Waals surface area contributed by atoms with Gasteiger partial charge in [-0.3, -0.25) is 4.79 Å². The van der Waals surface area contributed by atoms with Gasteiger partial charge in [0.15, 0.2) is 12.4 Å². The normalized spacial score (nSPS) is 10.6. The van der Waals surface area contributed by atoms with Crippen LogP contribution < -0.4 is 10.1 Å². The number of ether oxygens (including phenoxy) is 3. The average molecular weight is 486 g/mol. The van der Waals surface area contributed by atoms with Crippen molar-refractivity contribution in [2.75, 3.05) is 18.5 Å². The van der Waals surface area contributed by atoms with Crippen LogP contribution in [0.1, 0.15) is 61.1 Å². The van der Waals surface area contributed by atoms with Crippen molar-refractivity contribution in [2.24, 2.45) is 0 Å². The van der Waals surface area contributed by atoms with Gasteiger partial charge in [0, 0.05) is 6.20 Å². The number of aryl methyl sites for hydroxylation is 2. The number of benzene rings is 1. The molecule has 10 heteroatoms. The summed E-state index contributed by atoms with van der Waals surface area (Å²) in [6, 6.07) is 7.45. The van der Waals surface area contributed by atoms with E-state index in [1.54, 1.807) is 33.0 Å². The number of anilines is 1. The SMILES string of the molecule is CCOC(=O)c1sc(NC(=O)c2ccn(COc3cc(C)ccc3C)n2)c(C(=O)OCC)c1C. The summed E-state index contributed by atoms with van der Waals surface area (Å²) in [6.07, 6.45) is 1.62. The topological polar surface area (TPSA) is 109 Å². The van der Waals surface area contributed by atoms with Crippen LogP contribution in [0.4, 0.5) is 5.00 Å². The molecule has 34 heavy (non-hydrogen) atoms. The van der Waals surface area contributed by atoms with Crippen LogP contribution in [0, 0.1) is 20.8 Å². The molecule has 1 N–H and O–H groups in total. The first-order valence-electron chi connectivity index (χ1n) is 10.8. The molecule has 3 aromatic rings. The molecule has 0 aliphatic rings. The Balaban J connectivity index is 1.78. The van der Waals surface area contributed by atoms with E-state index >= 15 is 0 Å². The highest BCUT2D eigenvalue weighted by Gasteiger charge is 2.28. The number of carbonyl (C=O) groups excluding carboxylic acids is 3. The minimum atomic E-state index is -0.630. The van der Waals surface area contributed by atoms with Gasteiger partial charge in [-0.25, -0.2) is 14.3 Å². The fraction of sp³-hybridized carbons (Fsp3) is 0.333. The number of hydrogen-bond acceptors (Lipinski definition) is 8. The van der Waals surface area contributed by atoms with Gasteiger partial charge in [0.1, 0.15) is 15.6 Å². The van der Waals surface area contributed by atoms with Crippen LogP contribution in [0.5, 0.6) is 5.75 Å². The van der Waals surface area contributed by atoms with Crippen molar-refractivity contribution in [2.45, 2.75) is 41.3 Å². The van der Waals surface area contributed by atoms with E-state index in [0.29, 0.717) is 5.56 Å². The van der Waals surface area contributed by atoms with Gasteiger partial charge in [0.25, 0.3) is 5.91 Å². The van der Waals surface area contributed by atoms with E-state index in [1.807, 2.05) is 32.0 Å². The summed E-state index contributed by atoms with van der Waals surface area (Å²) >= 11 is 0.962. The maximum atomic E-state index is 12.9. The highest BCUT2D eigenvalue weighted by molar-refractivity contribution is 7.18. The molecular formula is C24H27N3O6S. The maximum Gasteiger partial charge on any atom is 0.348 e. The lowest BCUT2D eigenvalue weighted by atomic mass is 10.1. The number of rotatable bonds is 9. The quantitative estimate of drug-likeness (QED) is 0.444. The van der Waals surface area contributed by atoms with E-state index in [4.69, 9.17) is 14.2 Å². The molecule has 2 heterocycles. The molecule has 0 fully saturated rings. The minimum absolute atomic E-state index is 0.122. The maximum absolute atomic E-state index is 12.9. The van der Waals surface area contributed by atoms with Crippen molar-refractivity contribution in [1.29, 1.82) is 0 Å². The van der Waals surface area contributed by atoms with Gasteiger partial charge < -0.3 is 19.5 Å². The van der Waals surface area contributed by atoms with E-state index < -0.39 is 17.8 Å². The van der Waals surface area contributed by atoms with Crippen LogP contribution in [0.2, 0.25) is 0 Å². The first-order valence-corrected chi connectivity index (χ1v) is 11.6. The molecule has 0 aliphatic carbocycles. The van der Waals surface area contributed by atoms with Gasteiger partial charge in [0.2, 0.25) is 0 Å². The van der Waals surface area contributed by atoms with Crippen LogP contribution in [-0.4, -0.2) is 40.8 Å². The zero-order chi connectivity index (χ0) is 24.8. The first-order chi connectivity index (χ1) is 16.2. The first kappa shape index (κ1) is 25.0. The number of thiophene rings is 1. The molecule has 2 aromatic heterocycles. The summed E-state index contributed by atoms with van der Waals surface area (Å²) in [6.45, 7) is 9.38. The fourth-order valence-corrected chi connectivity index (χ4v) is 4.25. The Labute approximate surface area is 201 Å².